The third kappa shape index (κ3) is 5.37. The molecule has 7 nitrogen and oxygen atoms in total. The van der Waals surface area contributed by atoms with E-state index in [1.807, 2.05) is 0 Å². The highest BCUT2D eigenvalue weighted by molar-refractivity contribution is 7.92. The number of carbonyl (C=O) groups is 1. The fraction of sp³-hybridized carbons (Fsp3) is 0.400. The van der Waals surface area contributed by atoms with Gasteiger partial charge < -0.3 is 10.0 Å². The van der Waals surface area contributed by atoms with Crippen molar-refractivity contribution in [3.05, 3.63) is 57.4 Å². The third-order valence-electron chi connectivity index (χ3n) is 5.03. The molecule has 0 spiro atoms. The minimum atomic E-state index is -5.10. The van der Waals surface area contributed by atoms with Crippen LogP contribution in [0.4, 0.5) is 13.2 Å². The number of aromatic nitrogens is 1. The van der Waals surface area contributed by atoms with Crippen LogP contribution in [0, 0.1) is 6.92 Å². The zero-order valence-electron chi connectivity index (χ0n) is 17.1. The highest BCUT2D eigenvalue weighted by atomic mass is 32.2. The molecule has 1 N–H and O–H groups in total. The first kappa shape index (κ1) is 24.4. The molecule has 1 aromatic carbocycles. The van der Waals surface area contributed by atoms with Crippen LogP contribution in [-0.4, -0.2) is 66.0 Å². The fourth-order valence-electron chi connectivity index (χ4n) is 3.18. The number of nitrogens with zero attached hydrogens (tertiary/aromatic N) is 3. The molecule has 1 amide bonds. The summed E-state index contributed by atoms with van der Waals surface area (Å²) < 4.78 is 67.1. The molecule has 1 atom stereocenters. The van der Waals surface area contributed by atoms with E-state index in [1.54, 1.807) is 30.3 Å². The molecule has 2 heterocycles. The molecule has 12 heteroatoms. The van der Waals surface area contributed by atoms with E-state index in [-0.39, 0.29) is 26.2 Å². The van der Waals surface area contributed by atoms with Gasteiger partial charge in [-0.3, -0.25) is 4.79 Å². The second-order valence-corrected chi connectivity index (χ2v) is 10.0. The maximum atomic E-state index is 13.6. The van der Waals surface area contributed by atoms with Crippen LogP contribution < -0.4 is 0 Å². The number of piperazine rings is 1. The number of aryl methyl sites for hydroxylation is 1. The molecule has 174 valence electrons. The first-order chi connectivity index (χ1) is 14.9. The van der Waals surface area contributed by atoms with E-state index < -0.39 is 39.1 Å². The van der Waals surface area contributed by atoms with Gasteiger partial charge in [0.1, 0.15) is 5.01 Å². The number of hydrogen-bond donors (Lipinski definition) is 1. The summed E-state index contributed by atoms with van der Waals surface area (Å²) >= 11 is 0.632. The normalized spacial score (nSPS) is 18.1. The van der Waals surface area contributed by atoms with Gasteiger partial charge >= 0.3 is 6.18 Å². The Bertz CT molecular complexity index is 1080. The molecule has 0 saturated carbocycles. The molecular weight excluding hydrogens is 467 g/mol. The third-order valence-corrected chi connectivity index (χ3v) is 7.71. The maximum absolute atomic E-state index is 13.6. The summed E-state index contributed by atoms with van der Waals surface area (Å²) in [5, 5.41) is 12.2. The quantitative estimate of drug-likeness (QED) is 0.674. The Morgan fingerprint density at radius 3 is 2.34 bits per heavy atom. The first-order valence-electron chi connectivity index (χ1n) is 9.65. The maximum Gasteiger partial charge on any atom is 0.424 e. The van der Waals surface area contributed by atoms with Crippen LogP contribution in [-0.2, 0) is 20.4 Å². The first-order valence-corrected chi connectivity index (χ1v) is 12.0. The van der Waals surface area contributed by atoms with Crippen molar-refractivity contribution < 1.29 is 31.5 Å². The number of alkyl halides is 3. The van der Waals surface area contributed by atoms with Crippen molar-refractivity contribution >= 4 is 33.3 Å². The van der Waals surface area contributed by atoms with E-state index in [2.05, 4.69) is 4.98 Å². The van der Waals surface area contributed by atoms with Gasteiger partial charge in [0.25, 0.3) is 0 Å². The number of carbonyl (C=O) groups excluding carboxylic acids is 1. The van der Waals surface area contributed by atoms with Crippen molar-refractivity contribution in [2.45, 2.75) is 25.1 Å². The zero-order chi connectivity index (χ0) is 23.6. The minimum Gasteiger partial charge on any atom is -0.374 e. The molecule has 1 fully saturated rings. The second kappa shape index (κ2) is 9.30. The number of thiazole rings is 1. The van der Waals surface area contributed by atoms with Crippen LogP contribution in [0.3, 0.4) is 0 Å². The van der Waals surface area contributed by atoms with E-state index in [1.165, 1.54) is 18.4 Å². The lowest BCUT2D eigenvalue weighted by molar-refractivity contribution is -0.268. The molecule has 32 heavy (non-hydrogen) atoms. The molecular formula is C20H22F3N3O4S2. The Morgan fingerprint density at radius 2 is 1.81 bits per heavy atom. The zero-order valence-corrected chi connectivity index (χ0v) is 18.8. The fourth-order valence-corrected chi connectivity index (χ4v) is 5.27. The van der Waals surface area contributed by atoms with Gasteiger partial charge in [-0.15, -0.1) is 11.3 Å². The van der Waals surface area contributed by atoms with E-state index >= 15 is 0 Å². The lowest BCUT2D eigenvalue weighted by atomic mass is 9.98. The summed E-state index contributed by atoms with van der Waals surface area (Å²) in [6, 6.07) is 8.83. The van der Waals surface area contributed by atoms with Gasteiger partial charge in [0.15, 0.2) is 0 Å². The second-order valence-electron chi connectivity index (χ2n) is 7.37. The Kier molecular flexibility index (Phi) is 7.08. The summed E-state index contributed by atoms with van der Waals surface area (Å²) in [5.41, 5.74) is -2.39. The molecule has 1 aromatic heterocycles. The largest absolute Gasteiger partial charge is 0.424 e. The highest BCUT2D eigenvalue weighted by Gasteiger charge is 2.58. The Balaban J connectivity index is 1.65. The summed E-state index contributed by atoms with van der Waals surface area (Å²) in [6.07, 6.45) is -4.86. The van der Waals surface area contributed by atoms with Crippen molar-refractivity contribution in [2.24, 2.45) is 0 Å². The summed E-state index contributed by atoms with van der Waals surface area (Å²) in [6.45, 7) is 1.21. The lowest BCUT2D eigenvalue weighted by Gasteiger charge is -2.35. The topological polar surface area (TPSA) is 90.8 Å². The van der Waals surface area contributed by atoms with Crippen LogP contribution in [0.25, 0.3) is 6.08 Å². The number of hydrogen-bond acceptors (Lipinski definition) is 6. The van der Waals surface area contributed by atoms with E-state index in [9.17, 15) is 31.5 Å². The monoisotopic (exact) mass is 489 g/mol. The summed E-state index contributed by atoms with van der Waals surface area (Å²) in [5.74, 6) is -0.922. The molecule has 2 aromatic rings. The average molecular weight is 490 g/mol. The van der Waals surface area contributed by atoms with Gasteiger partial charge in [0, 0.05) is 42.7 Å². The van der Waals surface area contributed by atoms with Crippen molar-refractivity contribution in [3.63, 3.8) is 0 Å². The average Bonchev–Trinajstić information content (AvgIpc) is 3.19. The Labute approximate surface area is 187 Å². The van der Waals surface area contributed by atoms with Gasteiger partial charge in [-0.05, 0) is 18.6 Å². The van der Waals surface area contributed by atoms with E-state index in [0.717, 1.165) is 14.6 Å². The van der Waals surface area contributed by atoms with Gasteiger partial charge in [-0.1, -0.05) is 30.3 Å². The molecule has 1 aliphatic heterocycles. The van der Waals surface area contributed by atoms with E-state index in [4.69, 9.17) is 0 Å². The molecule has 1 aliphatic rings. The number of rotatable bonds is 6. The molecule has 1 unspecified atom stereocenters. The van der Waals surface area contributed by atoms with Crippen LogP contribution in [0.2, 0.25) is 0 Å². The number of sulfonamides is 1. The summed E-state index contributed by atoms with van der Waals surface area (Å²) in [7, 11) is -3.75. The smallest absolute Gasteiger partial charge is 0.374 e. The molecule has 0 radical (unpaired) electrons. The van der Waals surface area contributed by atoms with Crippen molar-refractivity contribution in [1.29, 1.82) is 0 Å². The number of aliphatic hydroxyl groups is 1. The molecule has 0 bridgehead atoms. The van der Waals surface area contributed by atoms with Crippen molar-refractivity contribution in [3.8, 4) is 0 Å². The van der Waals surface area contributed by atoms with Crippen LogP contribution in [0.1, 0.15) is 22.7 Å². The standard InChI is InChI=1S/C20H22F3N3O4S2/c1-15-14-31-18(24-15)19(28,20(21,22)23)13-17(27)25-8-10-26(11-9-25)32(29,30)12-7-16-5-3-2-4-6-16/h2-7,12,14,28H,8-11,13H2,1H3/b12-7+. The van der Waals surface area contributed by atoms with Crippen molar-refractivity contribution in [1.82, 2.24) is 14.2 Å². The minimum absolute atomic E-state index is 0.0615. The van der Waals surface area contributed by atoms with Crippen molar-refractivity contribution in [2.75, 3.05) is 26.2 Å². The Morgan fingerprint density at radius 1 is 1.19 bits per heavy atom. The SMILES string of the molecule is Cc1csc(C(O)(CC(=O)N2CCN(S(=O)(=O)/C=C/c3ccccc3)CC2)C(F)(F)F)n1. The van der Waals surface area contributed by atoms with Crippen LogP contribution in [0.15, 0.2) is 41.1 Å². The summed E-state index contributed by atoms with van der Waals surface area (Å²) in [4.78, 5) is 17.4. The molecule has 3 rings (SSSR count). The predicted octanol–water partition coefficient (Wildman–Crippen LogP) is 2.74. The molecule has 0 aliphatic carbocycles. The Hall–Kier alpha value is -2.28. The predicted molar refractivity (Wildman–Crippen MR) is 114 cm³/mol. The highest BCUT2D eigenvalue weighted by Crippen LogP contribution is 2.43. The molecule has 1 saturated heterocycles. The van der Waals surface area contributed by atoms with Crippen LogP contribution >= 0.6 is 11.3 Å². The lowest BCUT2D eigenvalue weighted by Crippen LogP contribution is -2.53. The van der Waals surface area contributed by atoms with Gasteiger partial charge in [0.2, 0.25) is 21.5 Å². The number of halogens is 3. The van der Waals surface area contributed by atoms with E-state index in [0.29, 0.717) is 22.6 Å². The van der Waals surface area contributed by atoms with Gasteiger partial charge in [-0.2, -0.15) is 17.5 Å². The number of benzene rings is 1. The van der Waals surface area contributed by atoms with Gasteiger partial charge in [0.05, 0.1) is 6.42 Å². The van der Waals surface area contributed by atoms with Crippen LogP contribution in [0.5, 0.6) is 0 Å². The van der Waals surface area contributed by atoms with Gasteiger partial charge in [-0.25, -0.2) is 13.4 Å². The number of amides is 1.